The molecule has 152 valence electrons. The van der Waals surface area contributed by atoms with Crippen LogP contribution < -0.4 is 10.6 Å². The normalized spacial score (nSPS) is 12.6. The third-order valence-corrected chi connectivity index (χ3v) is 4.55. The van der Waals surface area contributed by atoms with E-state index < -0.39 is 6.10 Å². The van der Waals surface area contributed by atoms with E-state index in [4.69, 9.17) is 0 Å². The number of nitrogens with zero attached hydrogens (tertiary/aromatic N) is 3. The summed E-state index contributed by atoms with van der Waals surface area (Å²) in [4.78, 5) is 4.68. The third-order valence-electron chi connectivity index (χ3n) is 4.55. The van der Waals surface area contributed by atoms with E-state index in [-0.39, 0.29) is 0 Å². The van der Waals surface area contributed by atoms with Gasteiger partial charge in [0.2, 0.25) is 0 Å². The summed E-state index contributed by atoms with van der Waals surface area (Å²) in [6, 6.07) is 20.1. The van der Waals surface area contributed by atoms with Gasteiger partial charge in [0.1, 0.15) is 0 Å². The molecular weight excluding hydrogens is 362 g/mol. The summed E-state index contributed by atoms with van der Waals surface area (Å²) >= 11 is 0. The maximum Gasteiger partial charge on any atom is 0.191 e. The van der Waals surface area contributed by atoms with Gasteiger partial charge in [-0.1, -0.05) is 54.6 Å². The van der Waals surface area contributed by atoms with Crippen LogP contribution in [0.15, 0.2) is 78.0 Å². The second-order valence-corrected chi connectivity index (χ2v) is 6.86. The van der Waals surface area contributed by atoms with E-state index in [9.17, 15) is 5.11 Å². The summed E-state index contributed by atoms with van der Waals surface area (Å²) in [6.07, 6.45) is 3.89. The molecule has 0 saturated heterocycles. The number of guanidine groups is 1. The molecule has 0 spiro atoms. The van der Waals surface area contributed by atoms with E-state index >= 15 is 0 Å². The fourth-order valence-electron chi connectivity index (χ4n) is 3.09. The first-order valence-electron chi connectivity index (χ1n) is 10.0. The maximum absolute atomic E-state index is 10.3. The van der Waals surface area contributed by atoms with Gasteiger partial charge in [-0.2, -0.15) is 5.10 Å². The topological polar surface area (TPSA) is 74.5 Å². The van der Waals surface area contributed by atoms with E-state index in [1.807, 2.05) is 54.2 Å². The summed E-state index contributed by atoms with van der Waals surface area (Å²) in [6.45, 7) is 4.80. The smallest absolute Gasteiger partial charge is 0.191 e. The molecule has 1 aromatic heterocycles. The number of benzene rings is 2. The second kappa shape index (κ2) is 11.0. The highest BCUT2D eigenvalue weighted by molar-refractivity contribution is 5.79. The summed E-state index contributed by atoms with van der Waals surface area (Å²) in [7, 11) is 0. The summed E-state index contributed by atoms with van der Waals surface area (Å²) < 4.78 is 1.91. The van der Waals surface area contributed by atoms with Gasteiger partial charge in [0.05, 0.1) is 19.2 Å². The number of aromatic nitrogens is 2. The van der Waals surface area contributed by atoms with E-state index in [0.29, 0.717) is 19.5 Å². The fraction of sp³-hybridized carbons (Fsp3) is 0.304. The molecule has 1 atom stereocenters. The van der Waals surface area contributed by atoms with Crippen molar-refractivity contribution in [2.24, 2.45) is 4.99 Å². The lowest BCUT2D eigenvalue weighted by Crippen LogP contribution is -2.38. The number of nitrogens with one attached hydrogen (secondary N) is 2. The molecule has 1 heterocycles. The average molecular weight is 392 g/mol. The zero-order valence-electron chi connectivity index (χ0n) is 16.8. The van der Waals surface area contributed by atoms with E-state index in [2.05, 4.69) is 45.0 Å². The van der Waals surface area contributed by atoms with E-state index in [1.165, 1.54) is 5.56 Å². The fourth-order valence-corrected chi connectivity index (χ4v) is 3.09. The Bertz CT molecular complexity index is 877. The molecule has 0 amide bonds. The van der Waals surface area contributed by atoms with E-state index in [0.717, 1.165) is 30.2 Å². The molecule has 2 aromatic carbocycles. The standard InChI is InChI=1S/C23H29N5O/c1-2-24-23(25-14-12-22(29)21-10-4-3-5-11-21)26-17-19-8-6-9-20(16-19)18-28-15-7-13-27-28/h3-11,13,15-16,22,29H,2,12,14,17-18H2,1H3,(H2,24,25,26). The Morgan fingerprint density at radius 2 is 1.90 bits per heavy atom. The SMILES string of the molecule is CCNC(=NCc1cccc(Cn2cccn2)c1)NCCC(O)c1ccccc1. The predicted molar refractivity (Wildman–Crippen MR) is 117 cm³/mol. The first-order valence-corrected chi connectivity index (χ1v) is 10.0. The van der Waals surface area contributed by atoms with Crippen molar-refractivity contribution in [3.8, 4) is 0 Å². The van der Waals surface area contributed by atoms with Crippen molar-refractivity contribution in [3.63, 3.8) is 0 Å². The Morgan fingerprint density at radius 3 is 2.66 bits per heavy atom. The Labute approximate surface area is 172 Å². The number of hydrogen-bond acceptors (Lipinski definition) is 3. The van der Waals surface area contributed by atoms with Gasteiger partial charge >= 0.3 is 0 Å². The van der Waals surface area contributed by atoms with Crippen LogP contribution >= 0.6 is 0 Å². The molecule has 0 aliphatic carbocycles. The van der Waals surface area contributed by atoms with Crippen LogP contribution in [0.5, 0.6) is 0 Å². The number of aliphatic hydroxyl groups excluding tert-OH is 1. The molecule has 6 nitrogen and oxygen atoms in total. The van der Waals surface area contributed by atoms with Gasteiger partial charge in [0.15, 0.2) is 5.96 Å². The van der Waals surface area contributed by atoms with Gasteiger partial charge < -0.3 is 15.7 Å². The first-order chi connectivity index (χ1) is 14.2. The van der Waals surface area contributed by atoms with Crippen molar-refractivity contribution in [1.29, 1.82) is 0 Å². The number of aliphatic imine (C=N–C) groups is 1. The average Bonchev–Trinajstić information content (AvgIpc) is 3.26. The molecule has 6 heteroatoms. The Hall–Kier alpha value is -3.12. The van der Waals surface area contributed by atoms with Crippen LogP contribution in [0.25, 0.3) is 0 Å². The van der Waals surface area contributed by atoms with Crippen molar-refractivity contribution >= 4 is 5.96 Å². The number of rotatable bonds is 9. The minimum atomic E-state index is -0.481. The van der Waals surface area contributed by atoms with E-state index in [1.54, 1.807) is 6.20 Å². The van der Waals surface area contributed by atoms with Crippen LogP contribution in [0.3, 0.4) is 0 Å². The van der Waals surface area contributed by atoms with Crippen LogP contribution in [0, 0.1) is 0 Å². The van der Waals surface area contributed by atoms with Crippen LogP contribution in [0.4, 0.5) is 0 Å². The minimum Gasteiger partial charge on any atom is -0.388 e. The zero-order chi connectivity index (χ0) is 20.3. The second-order valence-electron chi connectivity index (χ2n) is 6.86. The first kappa shape index (κ1) is 20.6. The van der Waals surface area contributed by atoms with Crippen molar-refractivity contribution in [2.45, 2.75) is 32.5 Å². The van der Waals surface area contributed by atoms with Crippen molar-refractivity contribution in [2.75, 3.05) is 13.1 Å². The Kier molecular flexibility index (Phi) is 7.83. The third kappa shape index (κ3) is 6.76. The van der Waals surface area contributed by atoms with Gasteiger partial charge in [-0.05, 0) is 36.1 Å². The molecule has 0 saturated carbocycles. The predicted octanol–water partition coefficient (Wildman–Crippen LogP) is 3.11. The molecule has 1 unspecified atom stereocenters. The Morgan fingerprint density at radius 1 is 1.07 bits per heavy atom. The van der Waals surface area contributed by atoms with Crippen molar-refractivity contribution in [3.05, 3.63) is 89.7 Å². The van der Waals surface area contributed by atoms with Gasteiger partial charge in [0.25, 0.3) is 0 Å². The Balaban J connectivity index is 1.53. The molecule has 0 aliphatic rings. The molecule has 3 aromatic rings. The molecule has 0 fully saturated rings. The molecule has 0 bridgehead atoms. The highest BCUT2D eigenvalue weighted by Gasteiger charge is 2.07. The molecule has 3 N–H and O–H groups in total. The lowest BCUT2D eigenvalue weighted by molar-refractivity contribution is 0.168. The summed E-state index contributed by atoms with van der Waals surface area (Å²) in [5.74, 6) is 0.755. The largest absolute Gasteiger partial charge is 0.388 e. The summed E-state index contributed by atoms with van der Waals surface area (Å²) in [5.41, 5.74) is 3.28. The molecule has 0 radical (unpaired) electrons. The van der Waals surface area contributed by atoms with Crippen molar-refractivity contribution in [1.82, 2.24) is 20.4 Å². The van der Waals surface area contributed by atoms with Gasteiger partial charge in [-0.15, -0.1) is 0 Å². The van der Waals surface area contributed by atoms with Crippen LogP contribution in [0.1, 0.15) is 36.1 Å². The van der Waals surface area contributed by atoms with Crippen molar-refractivity contribution < 1.29 is 5.11 Å². The zero-order valence-corrected chi connectivity index (χ0v) is 16.8. The van der Waals surface area contributed by atoms with Crippen LogP contribution in [-0.2, 0) is 13.1 Å². The highest BCUT2D eigenvalue weighted by atomic mass is 16.3. The van der Waals surface area contributed by atoms with Gasteiger partial charge in [0, 0.05) is 25.5 Å². The molecular formula is C23H29N5O. The maximum atomic E-state index is 10.3. The molecule has 29 heavy (non-hydrogen) atoms. The van der Waals surface area contributed by atoms with Gasteiger partial charge in [-0.25, -0.2) is 4.99 Å². The lowest BCUT2D eigenvalue weighted by atomic mass is 10.1. The monoisotopic (exact) mass is 391 g/mol. The quantitative estimate of drug-likeness (QED) is 0.387. The number of hydrogen-bond donors (Lipinski definition) is 3. The van der Waals surface area contributed by atoms with Crippen LogP contribution in [-0.4, -0.2) is 33.9 Å². The molecule has 0 aliphatic heterocycles. The summed E-state index contributed by atoms with van der Waals surface area (Å²) in [5, 5.41) is 21.1. The number of aliphatic hydroxyl groups is 1. The minimum absolute atomic E-state index is 0.481. The molecule has 3 rings (SSSR count). The van der Waals surface area contributed by atoms with Gasteiger partial charge in [-0.3, -0.25) is 4.68 Å². The highest BCUT2D eigenvalue weighted by Crippen LogP contribution is 2.14. The lowest BCUT2D eigenvalue weighted by Gasteiger charge is -2.14. The van der Waals surface area contributed by atoms with Crippen LogP contribution in [0.2, 0.25) is 0 Å².